The molecule has 0 bridgehead atoms. The first-order valence-electron chi connectivity index (χ1n) is 5.65. The van der Waals surface area contributed by atoms with Gasteiger partial charge in [-0.1, -0.05) is 6.92 Å². The lowest BCUT2D eigenvalue weighted by Gasteiger charge is -2.15. The van der Waals surface area contributed by atoms with Crippen LogP contribution in [0.25, 0.3) is 0 Å². The summed E-state index contributed by atoms with van der Waals surface area (Å²) in [6.07, 6.45) is 0.838. The van der Waals surface area contributed by atoms with Gasteiger partial charge in [-0.3, -0.25) is 10.1 Å². The number of carboxylic acids is 1. The number of anilines is 1. The van der Waals surface area contributed by atoms with Crippen LogP contribution in [-0.2, 0) is 0 Å². The predicted molar refractivity (Wildman–Crippen MR) is 68.2 cm³/mol. The topological polar surface area (TPSA) is 92.5 Å². The maximum Gasteiger partial charge on any atom is 0.336 e. The van der Waals surface area contributed by atoms with Crippen LogP contribution in [0.15, 0.2) is 12.1 Å². The second-order valence-corrected chi connectivity index (χ2v) is 4.18. The molecule has 6 nitrogen and oxygen atoms in total. The van der Waals surface area contributed by atoms with E-state index in [-0.39, 0.29) is 17.3 Å². The summed E-state index contributed by atoms with van der Waals surface area (Å²) < 4.78 is 0. The van der Waals surface area contributed by atoms with Crippen molar-refractivity contribution in [1.82, 2.24) is 0 Å². The van der Waals surface area contributed by atoms with E-state index < -0.39 is 10.9 Å². The molecule has 0 radical (unpaired) electrons. The van der Waals surface area contributed by atoms with Gasteiger partial charge in [-0.25, -0.2) is 4.79 Å². The van der Waals surface area contributed by atoms with Crippen LogP contribution in [0, 0.1) is 17.0 Å². The van der Waals surface area contributed by atoms with Gasteiger partial charge in [0.1, 0.15) is 0 Å². The summed E-state index contributed by atoms with van der Waals surface area (Å²) in [5.41, 5.74) is 0.681. The lowest BCUT2D eigenvalue weighted by molar-refractivity contribution is -0.385. The fourth-order valence-corrected chi connectivity index (χ4v) is 1.53. The maximum absolute atomic E-state index is 10.9. The lowest BCUT2D eigenvalue weighted by atomic mass is 10.1. The number of benzene rings is 1. The number of nitro groups is 1. The molecule has 98 valence electrons. The molecule has 0 spiro atoms. The number of nitrogens with one attached hydrogen (secondary N) is 1. The van der Waals surface area contributed by atoms with Gasteiger partial charge in [0, 0.05) is 23.4 Å². The van der Waals surface area contributed by atoms with Crippen LogP contribution in [0.2, 0.25) is 0 Å². The van der Waals surface area contributed by atoms with Crippen molar-refractivity contribution in [1.29, 1.82) is 0 Å². The zero-order valence-electron chi connectivity index (χ0n) is 10.6. The second kappa shape index (κ2) is 5.48. The van der Waals surface area contributed by atoms with Gasteiger partial charge in [-0.2, -0.15) is 0 Å². The van der Waals surface area contributed by atoms with Crippen molar-refractivity contribution in [3.05, 3.63) is 33.4 Å². The fourth-order valence-electron chi connectivity index (χ4n) is 1.53. The number of nitrogens with zero attached hydrogens (tertiary/aromatic N) is 1. The smallest absolute Gasteiger partial charge is 0.336 e. The first kappa shape index (κ1) is 14.0. The number of carboxylic acid groups (broad SMARTS) is 1. The average Bonchev–Trinajstić information content (AvgIpc) is 2.30. The van der Waals surface area contributed by atoms with Crippen molar-refractivity contribution in [3.63, 3.8) is 0 Å². The molecule has 2 N–H and O–H groups in total. The van der Waals surface area contributed by atoms with Gasteiger partial charge in [0.05, 0.1) is 10.5 Å². The third-order valence-electron chi connectivity index (χ3n) is 2.84. The van der Waals surface area contributed by atoms with E-state index in [1.54, 1.807) is 6.92 Å². The molecule has 0 heterocycles. The van der Waals surface area contributed by atoms with E-state index in [1.165, 1.54) is 6.07 Å². The molecule has 0 aliphatic rings. The van der Waals surface area contributed by atoms with Crippen molar-refractivity contribution in [3.8, 4) is 0 Å². The van der Waals surface area contributed by atoms with E-state index in [0.717, 1.165) is 12.5 Å². The third-order valence-corrected chi connectivity index (χ3v) is 2.84. The number of aromatic carboxylic acids is 1. The molecule has 6 heteroatoms. The highest BCUT2D eigenvalue weighted by Crippen LogP contribution is 2.28. The summed E-state index contributed by atoms with van der Waals surface area (Å²) in [7, 11) is 0. The molecule has 1 unspecified atom stereocenters. The number of rotatable bonds is 5. The molecular formula is C12H16N2O4. The van der Waals surface area contributed by atoms with E-state index in [9.17, 15) is 14.9 Å². The predicted octanol–water partition coefficient (Wildman–Crippen LogP) is 2.81. The van der Waals surface area contributed by atoms with Gasteiger partial charge >= 0.3 is 5.97 Å². The first-order chi connectivity index (χ1) is 8.36. The Hall–Kier alpha value is -2.11. The minimum absolute atomic E-state index is 0.0851. The number of carbonyl (C=O) groups is 1. The van der Waals surface area contributed by atoms with Crippen LogP contribution in [0.1, 0.15) is 36.2 Å². The first-order valence-corrected chi connectivity index (χ1v) is 5.65. The zero-order chi connectivity index (χ0) is 13.9. The maximum atomic E-state index is 10.9. The van der Waals surface area contributed by atoms with E-state index in [2.05, 4.69) is 5.32 Å². The zero-order valence-corrected chi connectivity index (χ0v) is 10.6. The highest BCUT2D eigenvalue weighted by atomic mass is 16.6. The molecule has 0 saturated carbocycles. The summed E-state index contributed by atoms with van der Waals surface area (Å²) in [5.74, 6) is -1.18. The third kappa shape index (κ3) is 2.97. The van der Waals surface area contributed by atoms with Crippen LogP contribution in [-0.4, -0.2) is 22.0 Å². The Labute approximate surface area is 105 Å². The lowest BCUT2D eigenvalue weighted by Crippen LogP contribution is -2.15. The van der Waals surface area contributed by atoms with Gasteiger partial charge < -0.3 is 10.4 Å². The van der Waals surface area contributed by atoms with Gasteiger partial charge in [-0.15, -0.1) is 0 Å². The normalized spacial score (nSPS) is 11.9. The van der Waals surface area contributed by atoms with Gasteiger partial charge in [0.25, 0.3) is 5.69 Å². The van der Waals surface area contributed by atoms with E-state index >= 15 is 0 Å². The monoisotopic (exact) mass is 252 g/mol. The fraction of sp³-hybridized carbons (Fsp3) is 0.417. The molecular weight excluding hydrogens is 236 g/mol. The van der Waals surface area contributed by atoms with Gasteiger partial charge in [0.15, 0.2) is 0 Å². The Bertz CT molecular complexity index is 485. The Balaban J connectivity index is 3.31. The van der Waals surface area contributed by atoms with Crippen molar-refractivity contribution >= 4 is 17.3 Å². The number of hydrogen-bond donors (Lipinski definition) is 2. The molecule has 0 aliphatic carbocycles. The molecule has 1 aromatic rings. The van der Waals surface area contributed by atoms with E-state index in [0.29, 0.717) is 11.3 Å². The molecule has 0 saturated heterocycles. The average molecular weight is 252 g/mol. The Morgan fingerprint density at radius 3 is 2.61 bits per heavy atom. The standard InChI is InChI=1S/C12H16N2O4/c1-4-7(2)13-10-5-9(12(15)16)6-11(8(10)3)14(17)18/h5-7,13H,4H2,1-3H3,(H,15,16). The van der Waals surface area contributed by atoms with Crippen LogP contribution in [0.4, 0.5) is 11.4 Å². The molecule has 0 aliphatic heterocycles. The summed E-state index contributed by atoms with van der Waals surface area (Å²) >= 11 is 0. The quantitative estimate of drug-likeness (QED) is 0.621. The van der Waals surface area contributed by atoms with Crippen LogP contribution in [0.3, 0.4) is 0 Å². The Morgan fingerprint density at radius 2 is 2.17 bits per heavy atom. The molecule has 1 rings (SSSR count). The second-order valence-electron chi connectivity index (χ2n) is 4.18. The summed E-state index contributed by atoms with van der Waals surface area (Å²) in [5, 5.41) is 22.9. The molecule has 0 aromatic heterocycles. The van der Waals surface area contributed by atoms with Crippen LogP contribution >= 0.6 is 0 Å². The highest BCUT2D eigenvalue weighted by Gasteiger charge is 2.19. The molecule has 0 amide bonds. The molecule has 1 atom stereocenters. The molecule has 1 aromatic carbocycles. The van der Waals surface area contributed by atoms with Crippen molar-refractivity contribution in [2.75, 3.05) is 5.32 Å². The minimum atomic E-state index is -1.18. The van der Waals surface area contributed by atoms with Crippen LogP contribution < -0.4 is 5.32 Å². The molecule has 18 heavy (non-hydrogen) atoms. The SMILES string of the molecule is CCC(C)Nc1cc(C(=O)O)cc([N+](=O)[O-])c1C. The number of nitro benzene ring substituents is 1. The summed E-state index contributed by atoms with van der Waals surface area (Å²) in [6.45, 7) is 5.51. The van der Waals surface area contributed by atoms with Crippen LogP contribution in [0.5, 0.6) is 0 Å². The highest BCUT2D eigenvalue weighted by molar-refractivity contribution is 5.90. The van der Waals surface area contributed by atoms with Crippen molar-refractivity contribution < 1.29 is 14.8 Å². The minimum Gasteiger partial charge on any atom is -0.478 e. The van der Waals surface area contributed by atoms with Gasteiger partial charge in [0.2, 0.25) is 0 Å². The van der Waals surface area contributed by atoms with E-state index in [4.69, 9.17) is 5.11 Å². The van der Waals surface area contributed by atoms with E-state index in [1.807, 2.05) is 13.8 Å². The summed E-state index contributed by atoms with van der Waals surface area (Å²) in [4.78, 5) is 21.3. The summed E-state index contributed by atoms with van der Waals surface area (Å²) in [6, 6.07) is 2.63. The largest absolute Gasteiger partial charge is 0.478 e. The molecule has 0 fully saturated rings. The van der Waals surface area contributed by atoms with Gasteiger partial charge in [-0.05, 0) is 26.3 Å². The van der Waals surface area contributed by atoms with Crippen molar-refractivity contribution in [2.45, 2.75) is 33.2 Å². The Kier molecular flexibility index (Phi) is 4.25. The Morgan fingerprint density at radius 1 is 1.56 bits per heavy atom. The van der Waals surface area contributed by atoms with Crippen molar-refractivity contribution in [2.24, 2.45) is 0 Å². The number of hydrogen-bond acceptors (Lipinski definition) is 4.